The fourth-order valence-corrected chi connectivity index (χ4v) is 4.58. The van der Waals surface area contributed by atoms with E-state index in [1.807, 2.05) is 0 Å². The van der Waals surface area contributed by atoms with E-state index in [2.05, 4.69) is 36.0 Å². The number of hydrogen-bond donors (Lipinski definition) is 3. The summed E-state index contributed by atoms with van der Waals surface area (Å²) in [6.45, 7) is 2.25. The van der Waals surface area contributed by atoms with Gasteiger partial charge in [0.2, 0.25) is 0 Å². The SMILES string of the molecule is CC[Si](NC)(NC)NC1CCCC1. The summed E-state index contributed by atoms with van der Waals surface area (Å²) >= 11 is 0. The van der Waals surface area contributed by atoms with Gasteiger partial charge in [0.05, 0.1) is 0 Å². The third kappa shape index (κ3) is 2.77. The van der Waals surface area contributed by atoms with Gasteiger partial charge in [-0.05, 0) is 33.0 Å². The van der Waals surface area contributed by atoms with E-state index >= 15 is 0 Å². The molecule has 1 aliphatic carbocycles. The van der Waals surface area contributed by atoms with Gasteiger partial charge in [-0.1, -0.05) is 19.8 Å². The maximum Gasteiger partial charge on any atom is 0.280 e. The van der Waals surface area contributed by atoms with Gasteiger partial charge in [0.15, 0.2) is 0 Å². The minimum atomic E-state index is -1.53. The van der Waals surface area contributed by atoms with Gasteiger partial charge in [-0.25, -0.2) is 0 Å². The van der Waals surface area contributed by atoms with Crippen LogP contribution < -0.4 is 14.9 Å². The van der Waals surface area contributed by atoms with Crippen LogP contribution in [-0.4, -0.2) is 28.7 Å². The molecule has 1 saturated carbocycles. The maximum atomic E-state index is 3.80. The molecule has 0 heterocycles. The molecule has 0 saturated heterocycles. The zero-order valence-electron chi connectivity index (χ0n) is 9.11. The van der Waals surface area contributed by atoms with Crippen molar-refractivity contribution in [3.63, 3.8) is 0 Å². The predicted octanol–water partition coefficient (Wildman–Crippen LogP) is 0.916. The van der Waals surface area contributed by atoms with Crippen molar-refractivity contribution in [3.05, 3.63) is 0 Å². The highest BCUT2D eigenvalue weighted by Crippen LogP contribution is 2.18. The van der Waals surface area contributed by atoms with Crippen molar-refractivity contribution in [1.29, 1.82) is 0 Å². The van der Waals surface area contributed by atoms with Crippen LogP contribution >= 0.6 is 0 Å². The van der Waals surface area contributed by atoms with Crippen molar-refractivity contribution in [2.45, 2.75) is 44.7 Å². The summed E-state index contributed by atoms with van der Waals surface area (Å²) in [5.74, 6) is 0. The molecule has 1 aliphatic rings. The predicted molar refractivity (Wildman–Crippen MR) is 59.7 cm³/mol. The molecule has 0 aromatic heterocycles. The molecule has 3 nitrogen and oxygen atoms in total. The Balaban J connectivity index is 2.44. The maximum absolute atomic E-state index is 3.80. The molecule has 0 aromatic rings. The highest BCUT2D eigenvalue weighted by atomic mass is 28.4. The molecular formula is C9H23N3Si. The van der Waals surface area contributed by atoms with Crippen molar-refractivity contribution in [2.75, 3.05) is 14.1 Å². The van der Waals surface area contributed by atoms with Gasteiger partial charge >= 0.3 is 0 Å². The Morgan fingerprint density at radius 1 is 1.15 bits per heavy atom. The largest absolute Gasteiger partial charge is 0.316 e. The van der Waals surface area contributed by atoms with Gasteiger partial charge in [-0.15, -0.1) is 0 Å². The van der Waals surface area contributed by atoms with Crippen LogP contribution in [0.3, 0.4) is 0 Å². The van der Waals surface area contributed by atoms with Crippen LogP contribution in [0.1, 0.15) is 32.6 Å². The zero-order valence-corrected chi connectivity index (χ0v) is 10.1. The first kappa shape index (κ1) is 11.2. The lowest BCUT2D eigenvalue weighted by Crippen LogP contribution is -2.71. The normalized spacial score (nSPS) is 19.6. The fraction of sp³-hybridized carbons (Fsp3) is 1.00. The summed E-state index contributed by atoms with van der Waals surface area (Å²) in [5, 5.41) is 0. The van der Waals surface area contributed by atoms with E-state index in [0.29, 0.717) is 0 Å². The van der Waals surface area contributed by atoms with Crippen LogP contribution in [0.15, 0.2) is 0 Å². The van der Waals surface area contributed by atoms with Crippen molar-refractivity contribution < 1.29 is 0 Å². The summed E-state index contributed by atoms with van der Waals surface area (Å²) in [6.07, 6.45) is 5.52. The molecule has 3 N–H and O–H groups in total. The summed E-state index contributed by atoms with van der Waals surface area (Å²) in [7, 11) is 2.59. The Morgan fingerprint density at radius 2 is 1.69 bits per heavy atom. The number of nitrogens with one attached hydrogen (secondary N) is 3. The molecule has 13 heavy (non-hydrogen) atoms. The third-order valence-corrected chi connectivity index (χ3v) is 6.86. The van der Waals surface area contributed by atoms with Crippen molar-refractivity contribution >= 4 is 8.56 Å². The number of rotatable bonds is 5. The van der Waals surface area contributed by atoms with E-state index < -0.39 is 8.56 Å². The Labute approximate surface area is 82.9 Å². The van der Waals surface area contributed by atoms with Crippen molar-refractivity contribution in [1.82, 2.24) is 14.9 Å². The highest BCUT2D eigenvalue weighted by molar-refractivity contribution is 6.72. The third-order valence-electron chi connectivity index (χ3n) is 3.19. The van der Waals surface area contributed by atoms with Gasteiger partial charge in [0.1, 0.15) is 0 Å². The van der Waals surface area contributed by atoms with E-state index in [9.17, 15) is 0 Å². The van der Waals surface area contributed by atoms with Crippen LogP contribution in [-0.2, 0) is 0 Å². The second-order valence-corrected chi connectivity index (χ2v) is 7.69. The molecule has 0 bridgehead atoms. The molecule has 4 heteroatoms. The second kappa shape index (κ2) is 5.10. The van der Waals surface area contributed by atoms with E-state index in [4.69, 9.17) is 0 Å². The van der Waals surface area contributed by atoms with Gasteiger partial charge in [-0.2, -0.15) is 0 Å². The molecule has 78 valence electrons. The van der Waals surface area contributed by atoms with Crippen LogP contribution in [0.4, 0.5) is 0 Å². The Hall–Kier alpha value is 0.0969. The standard InChI is InChI=1S/C9H23N3Si/c1-4-13(10-2,11-3)12-9-7-5-6-8-9/h9-12H,4-8H2,1-3H3. The second-order valence-electron chi connectivity index (χ2n) is 3.88. The zero-order chi connectivity index (χ0) is 9.73. The molecule has 0 aliphatic heterocycles. The monoisotopic (exact) mass is 201 g/mol. The summed E-state index contributed by atoms with van der Waals surface area (Å²) in [4.78, 5) is 10.7. The summed E-state index contributed by atoms with van der Waals surface area (Å²) in [6, 6.07) is 1.95. The smallest absolute Gasteiger partial charge is 0.280 e. The minimum Gasteiger partial charge on any atom is -0.316 e. The average Bonchev–Trinajstić information content (AvgIpc) is 2.67. The van der Waals surface area contributed by atoms with Crippen molar-refractivity contribution in [3.8, 4) is 0 Å². The molecule has 1 rings (SSSR count). The minimum absolute atomic E-state index is 0.756. The van der Waals surface area contributed by atoms with E-state index in [-0.39, 0.29) is 0 Å². The van der Waals surface area contributed by atoms with E-state index in [1.165, 1.54) is 31.7 Å². The molecule has 0 aromatic carbocycles. The molecular weight excluding hydrogens is 178 g/mol. The van der Waals surface area contributed by atoms with Gasteiger partial charge in [0, 0.05) is 6.04 Å². The van der Waals surface area contributed by atoms with Crippen LogP contribution in [0.5, 0.6) is 0 Å². The Bertz CT molecular complexity index is 134. The van der Waals surface area contributed by atoms with Crippen LogP contribution in [0.2, 0.25) is 6.04 Å². The van der Waals surface area contributed by atoms with E-state index in [0.717, 1.165) is 6.04 Å². The molecule has 0 radical (unpaired) electrons. The topological polar surface area (TPSA) is 36.1 Å². The average molecular weight is 201 g/mol. The lowest BCUT2D eigenvalue weighted by molar-refractivity contribution is 0.607. The first-order valence-electron chi connectivity index (χ1n) is 5.42. The Morgan fingerprint density at radius 3 is 2.08 bits per heavy atom. The molecule has 0 spiro atoms. The van der Waals surface area contributed by atoms with Gasteiger partial charge in [0.25, 0.3) is 8.56 Å². The summed E-state index contributed by atoms with van der Waals surface area (Å²) < 4.78 is 0. The highest BCUT2D eigenvalue weighted by Gasteiger charge is 2.32. The molecule has 1 fully saturated rings. The van der Waals surface area contributed by atoms with Gasteiger partial charge in [-0.3, -0.25) is 0 Å². The van der Waals surface area contributed by atoms with Crippen molar-refractivity contribution in [2.24, 2.45) is 0 Å². The van der Waals surface area contributed by atoms with Gasteiger partial charge < -0.3 is 14.9 Å². The quantitative estimate of drug-likeness (QED) is 0.579. The number of hydrogen-bond acceptors (Lipinski definition) is 3. The fourth-order valence-electron chi connectivity index (χ4n) is 2.14. The lowest BCUT2D eigenvalue weighted by Gasteiger charge is -2.32. The Kier molecular flexibility index (Phi) is 4.38. The lowest BCUT2D eigenvalue weighted by atomic mass is 10.3. The summed E-state index contributed by atoms with van der Waals surface area (Å²) in [5.41, 5.74) is 0. The first-order chi connectivity index (χ1) is 6.26. The molecule has 0 amide bonds. The van der Waals surface area contributed by atoms with Crippen LogP contribution in [0.25, 0.3) is 0 Å². The molecule has 0 atom stereocenters. The first-order valence-corrected chi connectivity index (χ1v) is 7.62. The van der Waals surface area contributed by atoms with Crippen LogP contribution in [0, 0.1) is 0 Å². The molecule has 0 unspecified atom stereocenters. The van der Waals surface area contributed by atoms with E-state index in [1.54, 1.807) is 0 Å².